The lowest BCUT2D eigenvalue weighted by Gasteiger charge is -2.04. The number of hydrogen-bond acceptors (Lipinski definition) is 5. The van der Waals surface area contributed by atoms with Crippen LogP contribution < -0.4 is 10.1 Å². The molecule has 132 valence electrons. The molecule has 1 aromatic carbocycles. The van der Waals surface area contributed by atoms with Gasteiger partial charge in [-0.15, -0.1) is 11.3 Å². The van der Waals surface area contributed by atoms with E-state index in [4.69, 9.17) is 9.47 Å². The number of hydrogen-bond donors (Lipinski definition) is 1. The zero-order valence-electron chi connectivity index (χ0n) is 14.5. The lowest BCUT2D eigenvalue weighted by molar-refractivity contribution is -0.111. The largest absolute Gasteiger partial charge is 0.497 e. The van der Waals surface area contributed by atoms with Crippen LogP contribution in [0, 0.1) is 0 Å². The Morgan fingerprint density at radius 2 is 1.92 bits per heavy atom. The predicted octanol–water partition coefficient (Wildman–Crippen LogP) is 4.15. The summed E-state index contributed by atoms with van der Waals surface area (Å²) in [5.74, 6) is 0.0325. The van der Waals surface area contributed by atoms with Crippen molar-refractivity contribution in [1.29, 1.82) is 0 Å². The number of esters is 1. The van der Waals surface area contributed by atoms with E-state index in [0.717, 1.165) is 22.6 Å². The molecule has 0 aliphatic heterocycles. The van der Waals surface area contributed by atoms with Gasteiger partial charge in [0.15, 0.2) is 0 Å². The van der Waals surface area contributed by atoms with Gasteiger partial charge in [0.05, 0.1) is 19.3 Å². The Labute approximate surface area is 151 Å². The predicted molar refractivity (Wildman–Crippen MR) is 100 cm³/mol. The summed E-state index contributed by atoms with van der Waals surface area (Å²) in [6.07, 6.45) is 3.92. The third-order valence-corrected chi connectivity index (χ3v) is 4.60. The maximum absolute atomic E-state index is 12.2. The van der Waals surface area contributed by atoms with Gasteiger partial charge >= 0.3 is 5.97 Å². The van der Waals surface area contributed by atoms with Crippen LogP contribution in [0.3, 0.4) is 0 Å². The van der Waals surface area contributed by atoms with Gasteiger partial charge in [0.2, 0.25) is 5.91 Å². The Bertz CT molecular complexity index is 762. The molecule has 25 heavy (non-hydrogen) atoms. The van der Waals surface area contributed by atoms with Crippen molar-refractivity contribution < 1.29 is 19.1 Å². The molecular formula is C19H21NO4S. The quantitative estimate of drug-likeness (QED) is 0.596. The third kappa shape index (κ3) is 5.19. The van der Waals surface area contributed by atoms with Gasteiger partial charge in [-0.25, -0.2) is 4.79 Å². The summed E-state index contributed by atoms with van der Waals surface area (Å²) >= 11 is 1.39. The fourth-order valence-electron chi connectivity index (χ4n) is 2.11. The molecule has 6 heteroatoms. The number of rotatable bonds is 7. The highest BCUT2D eigenvalue weighted by Crippen LogP contribution is 2.29. The monoisotopic (exact) mass is 359 g/mol. The van der Waals surface area contributed by atoms with Gasteiger partial charge in [-0.05, 0) is 43.2 Å². The SMILES string of the molecule is CCOC(=O)c1cc(CC)sc1NC(=O)C=Cc1ccc(OC)cc1. The fourth-order valence-corrected chi connectivity index (χ4v) is 3.10. The molecule has 0 aliphatic carbocycles. The molecule has 1 aromatic heterocycles. The van der Waals surface area contributed by atoms with Crippen molar-refractivity contribution in [2.75, 3.05) is 19.0 Å². The number of carbonyl (C=O) groups excluding carboxylic acids is 2. The molecule has 0 aliphatic rings. The molecule has 1 N–H and O–H groups in total. The van der Waals surface area contributed by atoms with E-state index in [9.17, 15) is 9.59 Å². The minimum atomic E-state index is -0.423. The fraction of sp³-hybridized carbons (Fsp3) is 0.263. The lowest BCUT2D eigenvalue weighted by atomic mass is 10.2. The average Bonchev–Trinajstić information content (AvgIpc) is 3.03. The Morgan fingerprint density at radius 3 is 2.52 bits per heavy atom. The van der Waals surface area contributed by atoms with Crippen molar-refractivity contribution >= 4 is 34.3 Å². The summed E-state index contributed by atoms with van der Waals surface area (Å²) in [6, 6.07) is 9.12. The van der Waals surface area contributed by atoms with E-state index in [0.29, 0.717) is 17.2 Å². The van der Waals surface area contributed by atoms with Crippen molar-refractivity contribution in [3.63, 3.8) is 0 Å². The van der Waals surface area contributed by atoms with E-state index >= 15 is 0 Å². The molecule has 0 spiro atoms. The first kappa shape index (κ1) is 18.7. The van der Waals surface area contributed by atoms with Crippen LogP contribution in [0.25, 0.3) is 6.08 Å². The molecule has 2 aromatic rings. The summed E-state index contributed by atoms with van der Waals surface area (Å²) in [4.78, 5) is 25.2. The summed E-state index contributed by atoms with van der Waals surface area (Å²) in [5, 5.41) is 3.28. The summed E-state index contributed by atoms with van der Waals surface area (Å²) in [6.45, 7) is 4.04. The van der Waals surface area contributed by atoms with Gasteiger partial charge in [0.1, 0.15) is 10.8 Å². The van der Waals surface area contributed by atoms with E-state index < -0.39 is 5.97 Å². The number of methoxy groups -OCH3 is 1. The molecule has 0 radical (unpaired) electrons. The third-order valence-electron chi connectivity index (χ3n) is 3.41. The maximum atomic E-state index is 12.2. The molecule has 2 rings (SSSR count). The van der Waals surface area contributed by atoms with Gasteiger partial charge in [-0.3, -0.25) is 4.79 Å². The van der Waals surface area contributed by atoms with Crippen LogP contribution in [0.5, 0.6) is 5.75 Å². The van der Waals surface area contributed by atoms with E-state index in [2.05, 4.69) is 5.32 Å². The minimum Gasteiger partial charge on any atom is -0.497 e. The number of ether oxygens (including phenoxy) is 2. The number of benzene rings is 1. The molecule has 0 saturated carbocycles. The second-order valence-electron chi connectivity index (χ2n) is 5.13. The minimum absolute atomic E-state index is 0.293. The molecule has 0 saturated heterocycles. The van der Waals surface area contributed by atoms with Gasteiger partial charge in [0, 0.05) is 11.0 Å². The highest BCUT2D eigenvalue weighted by molar-refractivity contribution is 7.16. The lowest BCUT2D eigenvalue weighted by Crippen LogP contribution is -2.11. The first-order valence-electron chi connectivity index (χ1n) is 8.00. The van der Waals surface area contributed by atoms with Crippen LogP contribution in [-0.2, 0) is 16.0 Å². The molecule has 0 unspecified atom stereocenters. The van der Waals surface area contributed by atoms with Gasteiger partial charge in [-0.2, -0.15) is 0 Å². The van der Waals surface area contributed by atoms with Crippen LogP contribution in [0.15, 0.2) is 36.4 Å². The van der Waals surface area contributed by atoms with Crippen molar-refractivity contribution in [2.24, 2.45) is 0 Å². The molecule has 0 fully saturated rings. The number of nitrogens with one attached hydrogen (secondary N) is 1. The van der Waals surface area contributed by atoms with Crippen LogP contribution in [0.1, 0.15) is 34.6 Å². The normalized spacial score (nSPS) is 10.7. The number of aryl methyl sites for hydroxylation is 1. The molecule has 0 atom stereocenters. The second-order valence-corrected chi connectivity index (χ2v) is 6.26. The van der Waals surface area contributed by atoms with Crippen molar-refractivity contribution in [1.82, 2.24) is 0 Å². The summed E-state index contributed by atoms with van der Waals surface area (Å²) in [7, 11) is 1.60. The van der Waals surface area contributed by atoms with Crippen LogP contribution in [0.4, 0.5) is 5.00 Å². The Kier molecular flexibility index (Phi) is 6.77. The number of carbonyl (C=O) groups is 2. The number of thiophene rings is 1. The van der Waals surface area contributed by atoms with Crippen LogP contribution >= 0.6 is 11.3 Å². The second kappa shape index (κ2) is 9.03. The van der Waals surface area contributed by atoms with Crippen molar-refractivity contribution in [2.45, 2.75) is 20.3 Å². The smallest absolute Gasteiger partial charge is 0.341 e. The zero-order chi connectivity index (χ0) is 18.2. The van der Waals surface area contributed by atoms with E-state index in [-0.39, 0.29) is 5.91 Å². The van der Waals surface area contributed by atoms with Crippen molar-refractivity contribution in [3.05, 3.63) is 52.4 Å². The number of anilines is 1. The van der Waals surface area contributed by atoms with Crippen LogP contribution in [0.2, 0.25) is 0 Å². The van der Waals surface area contributed by atoms with Crippen LogP contribution in [-0.4, -0.2) is 25.6 Å². The highest BCUT2D eigenvalue weighted by Gasteiger charge is 2.17. The molecule has 1 heterocycles. The molecule has 1 amide bonds. The topological polar surface area (TPSA) is 64.6 Å². The Morgan fingerprint density at radius 1 is 1.20 bits per heavy atom. The number of amides is 1. The van der Waals surface area contributed by atoms with E-state index in [1.165, 1.54) is 17.4 Å². The average molecular weight is 359 g/mol. The van der Waals surface area contributed by atoms with E-state index in [1.54, 1.807) is 26.2 Å². The van der Waals surface area contributed by atoms with E-state index in [1.807, 2.05) is 31.2 Å². The first-order valence-corrected chi connectivity index (χ1v) is 8.82. The first-order chi connectivity index (χ1) is 12.1. The Balaban J connectivity index is 2.09. The summed E-state index contributed by atoms with van der Waals surface area (Å²) in [5.41, 5.74) is 1.27. The maximum Gasteiger partial charge on any atom is 0.341 e. The standard InChI is InChI=1S/C19H21NO4S/c1-4-15-12-16(19(22)24-5-2)18(25-15)20-17(21)11-8-13-6-9-14(23-3)10-7-13/h6-12H,4-5H2,1-3H3,(H,20,21). The summed E-state index contributed by atoms with van der Waals surface area (Å²) < 4.78 is 10.1. The van der Waals surface area contributed by atoms with Gasteiger partial charge < -0.3 is 14.8 Å². The molecule has 5 nitrogen and oxygen atoms in total. The van der Waals surface area contributed by atoms with Gasteiger partial charge in [0.25, 0.3) is 0 Å². The Hall–Kier alpha value is -2.60. The molecule has 0 bridgehead atoms. The molecular weight excluding hydrogens is 338 g/mol. The zero-order valence-corrected chi connectivity index (χ0v) is 15.3. The van der Waals surface area contributed by atoms with Crippen molar-refractivity contribution in [3.8, 4) is 5.75 Å². The van der Waals surface area contributed by atoms with Gasteiger partial charge in [-0.1, -0.05) is 19.1 Å². The highest BCUT2D eigenvalue weighted by atomic mass is 32.1.